The minimum absolute atomic E-state index is 0.0219. The van der Waals surface area contributed by atoms with E-state index in [0.717, 1.165) is 19.3 Å². The average molecular weight is 446 g/mol. The molecule has 1 aliphatic carbocycles. The van der Waals surface area contributed by atoms with Crippen LogP contribution in [0.3, 0.4) is 0 Å². The van der Waals surface area contributed by atoms with Crippen molar-refractivity contribution in [2.24, 2.45) is 5.92 Å². The van der Waals surface area contributed by atoms with Crippen molar-refractivity contribution in [2.75, 3.05) is 5.75 Å². The third-order valence-corrected chi connectivity index (χ3v) is 6.39. The number of aromatic nitrogens is 3. The van der Waals surface area contributed by atoms with Gasteiger partial charge in [-0.25, -0.2) is 4.39 Å². The van der Waals surface area contributed by atoms with E-state index < -0.39 is 11.7 Å². The van der Waals surface area contributed by atoms with Crippen molar-refractivity contribution in [1.29, 1.82) is 0 Å². The Kier molecular flexibility index (Phi) is 8.22. The number of nitrogens with one attached hydrogen (secondary N) is 2. The van der Waals surface area contributed by atoms with Crippen molar-refractivity contribution in [1.82, 2.24) is 25.4 Å². The molecule has 1 heterocycles. The topological polar surface area (TPSA) is 88.9 Å². The molecule has 1 aliphatic rings. The van der Waals surface area contributed by atoms with Gasteiger partial charge in [-0.3, -0.25) is 9.59 Å². The first-order valence-corrected chi connectivity index (χ1v) is 11.5. The molecule has 2 atom stereocenters. The molecule has 3 rings (SSSR count). The Hall–Kier alpha value is -2.68. The maximum absolute atomic E-state index is 13.8. The van der Waals surface area contributed by atoms with Crippen molar-refractivity contribution in [2.45, 2.75) is 56.9 Å². The minimum Gasteiger partial charge on any atom is -0.352 e. The minimum atomic E-state index is -0.581. The van der Waals surface area contributed by atoms with E-state index in [-0.39, 0.29) is 29.8 Å². The molecule has 0 aliphatic heterocycles. The first-order valence-electron chi connectivity index (χ1n) is 10.5. The van der Waals surface area contributed by atoms with Crippen LogP contribution in [0.4, 0.5) is 4.39 Å². The molecular formula is C22H28FN5O2S. The molecule has 0 radical (unpaired) electrons. The van der Waals surface area contributed by atoms with Crippen molar-refractivity contribution in [3.05, 3.63) is 54.1 Å². The Bertz CT molecular complexity index is 932. The molecule has 2 aromatic rings. The molecule has 9 heteroatoms. The van der Waals surface area contributed by atoms with E-state index in [0.29, 0.717) is 23.4 Å². The standard InChI is InChI=1S/C22H28FN5O2S/c1-3-12-28-19(13-24-21(30)16-9-5-6-10-17(16)23)26-27-22(28)31-14-20(29)25-18-11-7-4-8-15(18)2/h3,5-6,9-10,15,18H,1,4,7-8,11-14H2,2H3,(H,24,30)(H,25,29)/t15-,18+/m1/s1. The molecule has 1 saturated carbocycles. The molecule has 2 N–H and O–H groups in total. The Labute approximate surface area is 185 Å². The number of carbonyl (C=O) groups excluding carboxylic acids is 2. The third-order valence-electron chi connectivity index (χ3n) is 5.42. The predicted octanol–water partition coefficient (Wildman–Crippen LogP) is 3.32. The van der Waals surface area contributed by atoms with E-state index in [2.05, 4.69) is 34.3 Å². The number of hydrogen-bond acceptors (Lipinski definition) is 5. The van der Waals surface area contributed by atoms with Gasteiger partial charge in [-0.15, -0.1) is 16.8 Å². The van der Waals surface area contributed by atoms with Crippen LogP contribution in [0.1, 0.15) is 48.8 Å². The van der Waals surface area contributed by atoms with Crippen LogP contribution in [-0.2, 0) is 17.9 Å². The first kappa shape index (κ1) is 23.0. The number of amides is 2. The second kappa shape index (κ2) is 11.1. The van der Waals surface area contributed by atoms with Gasteiger partial charge in [0, 0.05) is 12.6 Å². The van der Waals surface area contributed by atoms with Crippen LogP contribution in [0.5, 0.6) is 0 Å². The summed E-state index contributed by atoms with van der Waals surface area (Å²) in [6.07, 6.45) is 6.24. The van der Waals surface area contributed by atoms with Crippen molar-refractivity contribution < 1.29 is 14.0 Å². The summed E-state index contributed by atoms with van der Waals surface area (Å²) in [7, 11) is 0. The summed E-state index contributed by atoms with van der Waals surface area (Å²) < 4.78 is 15.6. The summed E-state index contributed by atoms with van der Waals surface area (Å²) in [5.41, 5.74) is -0.0273. The second-order valence-electron chi connectivity index (χ2n) is 7.69. The quantitative estimate of drug-likeness (QED) is 0.457. The van der Waals surface area contributed by atoms with Crippen LogP contribution < -0.4 is 10.6 Å². The molecule has 2 amide bonds. The van der Waals surface area contributed by atoms with Crippen LogP contribution in [-0.4, -0.2) is 38.4 Å². The lowest BCUT2D eigenvalue weighted by Crippen LogP contribution is -2.41. The fourth-order valence-corrected chi connectivity index (χ4v) is 4.46. The molecule has 0 saturated heterocycles. The highest BCUT2D eigenvalue weighted by molar-refractivity contribution is 7.99. The van der Waals surface area contributed by atoms with Gasteiger partial charge in [0.05, 0.1) is 17.9 Å². The Morgan fingerprint density at radius 3 is 2.81 bits per heavy atom. The predicted molar refractivity (Wildman–Crippen MR) is 118 cm³/mol. The Morgan fingerprint density at radius 2 is 2.06 bits per heavy atom. The number of allylic oxidation sites excluding steroid dienone is 1. The number of benzene rings is 1. The van der Waals surface area contributed by atoms with Gasteiger partial charge in [0.25, 0.3) is 5.91 Å². The zero-order valence-electron chi connectivity index (χ0n) is 17.6. The molecule has 1 aromatic heterocycles. The molecule has 7 nitrogen and oxygen atoms in total. The number of thioether (sulfide) groups is 1. The number of halogens is 1. The molecule has 31 heavy (non-hydrogen) atoms. The van der Waals surface area contributed by atoms with E-state index in [4.69, 9.17) is 0 Å². The van der Waals surface area contributed by atoms with Gasteiger partial charge in [-0.2, -0.15) is 0 Å². The monoisotopic (exact) mass is 445 g/mol. The van der Waals surface area contributed by atoms with Crippen LogP contribution in [0.15, 0.2) is 42.1 Å². The highest BCUT2D eigenvalue weighted by Gasteiger charge is 2.23. The average Bonchev–Trinajstić information content (AvgIpc) is 3.14. The van der Waals surface area contributed by atoms with Crippen molar-refractivity contribution >= 4 is 23.6 Å². The van der Waals surface area contributed by atoms with E-state index in [9.17, 15) is 14.0 Å². The first-order chi connectivity index (χ1) is 15.0. The van der Waals surface area contributed by atoms with Gasteiger partial charge >= 0.3 is 0 Å². The highest BCUT2D eigenvalue weighted by atomic mass is 32.2. The maximum atomic E-state index is 13.8. The fraction of sp³-hybridized carbons (Fsp3) is 0.455. The van der Waals surface area contributed by atoms with E-state index in [1.54, 1.807) is 16.7 Å². The smallest absolute Gasteiger partial charge is 0.254 e. The molecular weight excluding hydrogens is 417 g/mol. The normalized spacial score (nSPS) is 18.4. The van der Waals surface area contributed by atoms with Gasteiger partial charge < -0.3 is 15.2 Å². The van der Waals surface area contributed by atoms with Gasteiger partial charge in [0.15, 0.2) is 11.0 Å². The molecule has 1 fully saturated rings. The number of hydrogen-bond donors (Lipinski definition) is 2. The Morgan fingerprint density at radius 1 is 1.29 bits per heavy atom. The lowest BCUT2D eigenvalue weighted by molar-refractivity contribution is -0.119. The number of nitrogens with zero attached hydrogens (tertiary/aromatic N) is 3. The van der Waals surface area contributed by atoms with E-state index >= 15 is 0 Å². The van der Waals surface area contributed by atoms with Gasteiger partial charge in [-0.1, -0.05) is 49.7 Å². The molecule has 166 valence electrons. The number of rotatable bonds is 9. The van der Waals surface area contributed by atoms with Gasteiger partial charge in [0.2, 0.25) is 5.91 Å². The third kappa shape index (κ3) is 6.16. The largest absolute Gasteiger partial charge is 0.352 e. The van der Waals surface area contributed by atoms with E-state index in [1.807, 2.05) is 0 Å². The van der Waals surface area contributed by atoms with Crippen LogP contribution in [0.25, 0.3) is 0 Å². The van der Waals surface area contributed by atoms with Crippen LogP contribution in [0.2, 0.25) is 0 Å². The fourth-order valence-electron chi connectivity index (χ4n) is 3.68. The zero-order chi connectivity index (χ0) is 22.2. The molecule has 0 spiro atoms. The lowest BCUT2D eigenvalue weighted by atomic mass is 9.86. The molecule has 0 bridgehead atoms. The Balaban J connectivity index is 1.58. The number of carbonyl (C=O) groups is 2. The zero-order valence-corrected chi connectivity index (χ0v) is 18.5. The SMILES string of the molecule is C=CCn1c(CNC(=O)c2ccccc2F)nnc1SCC(=O)N[C@H]1CCCC[C@H]1C. The summed E-state index contributed by atoms with van der Waals surface area (Å²) in [6, 6.07) is 6.03. The van der Waals surface area contributed by atoms with Gasteiger partial charge in [0.1, 0.15) is 5.82 Å². The summed E-state index contributed by atoms with van der Waals surface area (Å²) >= 11 is 1.30. The second-order valence-corrected chi connectivity index (χ2v) is 8.63. The summed E-state index contributed by atoms with van der Waals surface area (Å²) in [5.74, 6) is 0.111. The summed E-state index contributed by atoms with van der Waals surface area (Å²) in [5, 5.41) is 14.7. The van der Waals surface area contributed by atoms with Crippen molar-refractivity contribution in [3.63, 3.8) is 0 Å². The van der Waals surface area contributed by atoms with Crippen LogP contribution >= 0.6 is 11.8 Å². The van der Waals surface area contributed by atoms with Gasteiger partial charge in [-0.05, 0) is 30.9 Å². The summed E-state index contributed by atoms with van der Waals surface area (Å²) in [6.45, 7) is 6.45. The van der Waals surface area contributed by atoms with Crippen LogP contribution in [0, 0.1) is 11.7 Å². The van der Waals surface area contributed by atoms with Crippen molar-refractivity contribution in [3.8, 4) is 0 Å². The molecule has 1 aromatic carbocycles. The van der Waals surface area contributed by atoms with E-state index in [1.165, 1.54) is 36.4 Å². The lowest BCUT2D eigenvalue weighted by Gasteiger charge is -2.29. The summed E-state index contributed by atoms with van der Waals surface area (Å²) in [4.78, 5) is 24.7. The maximum Gasteiger partial charge on any atom is 0.254 e. The molecule has 0 unspecified atom stereocenters. The highest BCUT2D eigenvalue weighted by Crippen LogP contribution is 2.24.